The van der Waals surface area contributed by atoms with Crippen LogP contribution in [0.1, 0.15) is 34.1 Å². The largest absolute Gasteiger partial charge is 0.306 e. The molecule has 0 radical (unpaired) electrons. The van der Waals surface area contributed by atoms with Crippen molar-refractivity contribution < 1.29 is 18.4 Å². The van der Waals surface area contributed by atoms with Crippen LogP contribution in [0.5, 0.6) is 0 Å². The Hall–Kier alpha value is -1.53. The minimum Gasteiger partial charge on any atom is -0.306 e. The lowest BCUT2D eigenvalue weighted by molar-refractivity contribution is 0.0652. The molecular formula is C12H13NO4S. The molecule has 1 aliphatic rings. The second-order valence-corrected chi connectivity index (χ2v) is 5.54. The van der Waals surface area contributed by atoms with Gasteiger partial charge in [-0.1, -0.05) is 12.1 Å². The molecule has 2 rings (SSSR count). The molecule has 1 aromatic carbocycles. The van der Waals surface area contributed by atoms with Crippen LogP contribution in [0, 0.1) is 0 Å². The molecule has 5 nitrogen and oxygen atoms in total. The van der Waals surface area contributed by atoms with Crippen molar-refractivity contribution in [3.8, 4) is 0 Å². The van der Waals surface area contributed by atoms with Crippen molar-refractivity contribution in [2.45, 2.75) is 18.6 Å². The number of amides is 2. The zero-order chi connectivity index (χ0) is 13.3. The van der Waals surface area contributed by atoms with Crippen LogP contribution in [0.3, 0.4) is 0 Å². The Bertz CT molecular complexity index is 494. The molecule has 18 heavy (non-hydrogen) atoms. The van der Waals surface area contributed by atoms with E-state index in [9.17, 15) is 13.8 Å². The summed E-state index contributed by atoms with van der Waals surface area (Å²) in [5.41, 5.74) is 0.806. The highest BCUT2D eigenvalue weighted by Gasteiger charge is 2.34. The van der Waals surface area contributed by atoms with Crippen molar-refractivity contribution in [3.63, 3.8) is 0 Å². The predicted octanol–water partition coefficient (Wildman–Crippen LogP) is 1.28. The fourth-order valence-corrected chi connectivity index (χ4v) is 2.16. The minimum absolute atomic E-state index is 0.166. The summed E-state index contributed by atoms with van der Waals surface area (Å²) in [5.74, 6) is -0.655. The van der Waals surface area contributed by atoms with Gasteiger partial charge < -0.3 is 4.55 Å². The van der Waals surface area contributed by atoms with E-state index in [-0.39, 0.29) is 18.4 Å². The number of carbonyl (C=O) groups excluding carboxylic acids is 2. The average molecular weight is 267 g/mol. The highest BCUT2D eigenvalue weighted by molar-refractivity contribution is 7.79. The Balaban J connectivity index is 2.12. The standard InChI is InChI=1S/C12H13NO4S/c1-8(18(16)17)6-7-13-11(14)9-4-2-3-5-10(9)12(13)15/h2-5,8H,6-7H2,1H3,(H,16,17). The van der Waals surface area contributed by atoms with Crippen molar-refractivity contribution in [2.24, 2.45) is 0 Å². The van der Waals surface area contributed by atoms with Gasteiger partial charge in [0.25, 0.3) is 11.8 Å². The van der Waals surface area contributed by atoms with E-state index in [0.717, 1.165) is 4.90 Å². The maximum atomic E-state index is 12.0. The van der Waals surface area contributed by atoms with Gasteiger partial charge in [-0.2, -0.15) is 0 Å². The van der Waals surface area contributed by atoms with Crippen molar-refractivity contribution >= 4 is 22.9 Å². The molecule has 1 aromatic rings. The Labute approximate surface area is 107 Å². The van der Waals surface area contributed by atoms with Gasteiger partial charge in [0.05, 0.1) is 16.4 Å². The van der Waals surface area contributed by atoms with Crippen LogP contribution in [0.25, 0.3) is 0 Å². The molecule has 0 saturated carbocycles. The van der Waals surface area contributed by atoms with E-state index >= 15 is 0 Å². The molecule has 1 aliphatic heterocycles. The molecule has 0 bridgehead atoms. The number of fused-ring (bicyclic) bond motifs is 1. The third-order valence-electron chi connectivity index (χ3n) is 2.98. The van der Waals surface area contributed by atoms with Crippen LogP contribution in [0.15, 0.2) is 24.3 Å². The Morgan fingerprint density at radius 1 is 1.22 bits per heavy atom. The van der Waals surface area contributed by atoms with Crippen molar-refractivity contribution in [1.29, 1.82) is 0 Å². The Kier molecular flexibility index (Phi) is 3.58. The molecule has 1 heterocycles. The zero-order valence-electron chi connectivity index (χ0n) is 9.83. The van der Waals surface area contributed by atoms with Crippen LogP contribution in [-0.4, -0.2) is 37.3 Å². The zero-order valence-corrected chi connectivity index (χ0v) is 10.6. The van der Waals surface area contributed by atoms with Gasteiger partial charge in [-0.05, 0) is 25.5 Å². The third kappa shape index (κ3) is 2.21. The van der Waals surface area contributed by atoms with Gasteiger partial charge in [-0.3, -0.25) is 14.5 Å². The number of imide groups is 1. The fourth-order valence-electron chi connectivity index (χ4n) is 1.85. The van der Waals surface area contributed by atoms with E-state index in [4.69, 9.17) is 4.55 Å². The summed E-state index contributed by atoms with van der Waals surface area (Å²) in [6.07, 6.45) is 0.314. The van der Waals surface area contributed by atoms with Crippen LogP contribution in [-0.2, 0) is 11.1 Å². The predicted molar refractivity (Wildman–Crippen MR) is 66.7 cm³/mol. The highest BCUT2D eigenvalue weighted by Crippen LogP contribution is 2.22. The molecule has 96 valence electrons. The molecule has 0 fully saturated rings. The summed E-state index contributed by atoms with van der Waals surface area (Å²) >= 11 is -1.93. The highest BCUT2D eigenvalue weighted by atomic mass is 32.2. The first-order valence-corrected chi connectivity index (χ1v) is 6.74. The van der Waals surface area contributed by atoms with Crippen molar-refractivity contribution in [1.82, 2.24) is 4.90 Å². The lowest BCUT2D eigenvalue weighted by atomic mass is 10.1. The minimum atomic E-state index is -1.93. The molecule has 0 saturated heterocycles. The van der Waals surface area contributed by atoms with Gasteiger partial charge in [0.2, 0.25) is 0 Å². The SMILES string of the molecule is CC(CCN1C(=O)c2ccccc2C1=O)S(=O)O. The summed E-state index contributed by atoms with van der Waals surface area (Å²) in [6.45, 7) is 1.77. The second-order valence-electron chi connectivity index (χ2n) is 4.18. The third-order valence-corrected chi connectivity index (χ3v) is 3.91. The number of hydrogen-bond donors (Lipinski definition) is 1. The van der Waals surface area contributed by atoms with Crippen molar-refractivity contribution in [3.05, 3.63) is 35.4 Å². The summed E-state index contributed by atoms with van der Waals surface area (Å²) in [7, 11) is 0. The second kappa shape index (κ2) is 4.99. The van der Waals surface area contributed by atoms with Gasteiger partial charge in [0, 0.05) is 6.54 Å². The van der Waals surface area contributed by atoms with Crippen LogP contribution < -0.4 is 0 Å². The summed E-state index contributed by atoms with van der Waals surface area (Å²) in [5, 5.41) is -0.464. The molecule has 0 aromatic heterocycles. The number of carbonyl (C=O) groups is 2. The van der Waals surface area contributed by atoms with Crippen LogP contribution in [0.2, 0.25) is 0 Å². The van der Waals surface area contributed by atoms with E-state index in [2.05, 4.69) is 0 Å². The van der Waals surface area contributed by atoms with Gasteiger partial charge in [0.15, 0.2) is 11.1 Å². The normalized spacial score (nSPS) is 17.8. The maximum absolute atomic E-state index is 12.0. The van der Waals surface area contributed by atoms with E-state index in [1.165, 1.54) is 0 Å². The van der Waals surface area contributed by atoms with E-state index in [0.29, 0.717) is 17.5 Å². The average Bonchev–Trinajstić information content (AvgIpc) is 2.60. The number of hydrogen-bond acceptors (Lipinski definition) is 3. The monoisotopic (exact) mass is 267 g/mol. The molecular weight excluding hydrogens is 254 g/mol. The number of benzene rings is 1. The van der Waals surface area contributed by atoms with E-state index in [1.54, 1.807) is 31.2 Å². The van der Waals surface area contributed by atoms with Gasteiger partial charge in [0.1, 0.15) is 0 Å². The van der Waals surface area contributed by atoms with Crippen LogP contribution in [0.4, 0.5) is 0 Å². The molecule has 0 aliphatic carbocycles. The first-order chi connectivity index (χ1) is 8.52. The summed E-state index contributed by atoms with van der Waals surface area (Å²) in [6, 6.07) is 6.64. The quantitative estimate of drug-likeness (QED) is 0.658. The molecule has 6 heteroatoms. The first kappa shape index (κ1) is 12.9. The van der Waals surface area contributed by atoms with E-state index in [1.807, 2.05) is 0 Å². The lowest BCUT2D eigenvalue weighted by Gasteiger charge is -2.15. The first-order valence-electron chi connectivity index (χ1n) is 5.57. The van der Waals surface area contributed by atoms with E-state index < -0.39 is 16.3 Å². The fraction of sp³-hybridized carbons (Fsp3) is 0.333. The smallest absolute Gasteiger partial charge is 0.261 e. The summed E-state index contributed by atoms with van der Waals surface area (Å²) < 4.78 is 19.7. The van der Waals surface area contributed by atoms with Gasteiger partial charge in [-0.15, -0.1) is 0 Å². The molecule has 2 unspecified atom stereocenters. The number of rotatable bonds is 4. The van der Waals surface area contributed by atoms with Crippen LogP contribution >= 0.6 is 0 Å². The molecule has 2 amide bonds. The molecule has 2 atom stereocenters. The van der Waals surface area contributed by atoms with Gasteiger partial charge in [-0.25, -0.2) is 4.21 Å². The van der Waals surface area contributed by atoms with Gasteiger partial charge >= 0.3 is 0 Å². The summed E-state index contributed by atoms with van der Waals surface area (Å²) in [4.78, 5) is 25.0. The Morgan fingerprint density at radius 2 is 1.72 bits per heavy atom. The topological polar surface area (TPSA) is 74.7 Å². The van der Waals surface area contributed by atoms with Crippen molar-refractivity contribution in [2.75, 3.05) is 6.54 Å². The maximum Gasteiger partial charge on any atom is 0.261 e. The lowest BCUT2D eigenvalue weighted by Crippen LogP contribution is -2.32. The molecule has 0 spiro atoms. The Morgan fingerprint density at radius 3 is 2.17 bits per heavy atom. The number of nitrogens with zero attached hydrogens (tertiary/aromatic N) is 1. The molecule has 1 N–H and O–H groups in total.